The van der Waals surface area contributed by atoms with Gasteiger partial charge in [0.25, 0.3) is 5.56 Å². The number of anilines is 1. The lowest BCUT2D eigenvalue weighted by molar-refractivity contribution is 0.392. The van der Waals surface area contributed by atoms with Crippen molar-refractivity contribution >= 4 is 16.9 Å². The number of aryl methyl sites for hydroxylation is 2. The summed E-state index contributed by atoms with van der Waals surface area (Å²) < 4.78 is 5.16. The summed E-state index contributed by atoms with van der Waals surface area (Å²) >= 11 is 0. The van der Waals surface area contributed by atoms with E-state index in [-0.39, 0.29) is 5.56 Å². The number of benzene rings is 1. The summed E-state index contributed by atoms with van der Waals surface area (Å²) in [5.74, 6) is 1.31. The highest BCUT2D eigenvalue weighted by Gasteiger charge is 2.14. The first-order valence-corrected chi connectivity index (χ1v) is 6.68. The molecule has 2 heterocycles. The van der Waals surface area contributed by atoms with Crippen molar-refractivity contribution in [3.63, 3.8) is 0 Å². The zero-order chi connectivity index (χ0) is 15.0. The average molecular weight is 284 g/mol. The van der Waals surface area contributed by atoms with Gasteiger partial charge in [-0.15, -0.1) is 0 Å². The lowest BCUT2D eigenvalue weighted by Crippen LogP contribution is -2.23. The Morgan fingerprint density at radius 1 is 1.29 bits per heavy atom. The Morgan fingerprint density at radius 3 is 2.76 bits per heavy atom. The second-order valence-electron chi connectivity index (χ2n) is 5.07. The lowest BCUT2D eigenvalue weighted by Gasteiger charge is -2.17. The number of hydrogen-bond donors (Lipinski definition) is 1. The highest BCUT2D eigenvalue weighted by atomic mass is 16.5. The van der Waals surface area contributed by atoms with E-state index in [0.717, 1.165) is 17.0 Å². The summed E-state index contributed by atoms with van der Waals surface area (Å²) in [5.41, 5.74) is 2.40. The van der Waals surface area contributed by atoms with Crippen LogP contribution in [0.2, 0.25) is 0 Å². The van der Waals surface area contributed by atoms with E-state index in [1.165, 1.54) is 0 Å². The maximum absolute atomic E-state index is 12.1. The third-order valence-electron chi connectivity index (χ3n) is 3.54. The third-order valence-corrected chi connectivity index (χ3v) is 3.54. The van der Waals surface area contributed by atoms with Crippen molar-refractivity contribution in [3.8, 4) is 0 Å². The van der Waals surface area contributed by atoms with E-state index in [0.29, 0.717) is 23.4 Å². The maximum Gasteiger partial charge on any atom is 0.260 e. The van der Waals surface area contributed by atoms with Crippen molar-refractivity contribution < 1.29 is 4.52 Å². The fourth-order valence-corrected chi connectivity index (χ4v) is 2.29. The maximum atomic E-state index is 12.1. The molecule has 0 saturated carbocycles. The van der Waals surface area contributed by atoms with Crippen molar-refractivity contribution in [2.45, 2.75) is 20.4 Å². The fourth-order valence-electron chi connectivity index (χ4n) is 2.29. The molecule has 3 rings (SSSR count). The van der Waals surface area contributed by atoms with Gasteiger partial charge in [-0.2, -0.15) is 0 Å². The van der Waals surface area contributed by atoms with E-state index in [2.05, 4.69) is 15.1 Å². The Kier molecular flexibility index (Phi) is 3.21. The number of aromatic nitrogens is 3. The predicted molar refractivity (Wildman–Crippen MR) is 80.4 cm³/mol. The zero-order valence-corrected chi connectivity index (χ0v) is 12.2. The smallest absolute Gasteiger partial charge is 0.260 e. The molecule has 0 unspecified atom stereocenters. The molecule has 6 heteroatoms. The molecule has 0 amide bonds. The molecule has 0 fully saturated rings. The summed E-state index contributed by atoms with van der Waals surface area (Å²) in [4.78, 5) is 21.3. The summed E-state index contributed by atoms with van der Waals surface area (Å²) in [7, 11) is 1.87. The van der Waals surface area contributed by atoms with Crippen molar-refractivity contribution in [3.05, 3.63) is 51.6 Å². The number of para-hydroxylation sites is 1. The summed E-state index contributed by atoms with van der Waals surface area (Å²) in [6, 6.07) is 7.29. The molecule has 21 heavy (non-hydrogen) atoms. The van der Waals surface area contributed by atoms with Gasteiger partial charge in [0.15, 0.2) is 0 Å². The van der Waals surface area contributed by atoms with Gasteiger partial charge in [0.1, 0.15) is 5.76 Å². The van der Waals surface area contributed by atoms with Crippen LogP contribution in [-0.4, -0.2) is 22.2 Å². The summed E-state index contributed by atoms with van der Waals surface area (Å²) in [6.45, 7) is 4.35. The van der Waals surface area contributed by atoms with E-state index in [1.54, 1.807) is 6.07 Å². The van der Waals surface area contributed by atoms with Gasteiger partial charge in [0.2, 0.25) is 5.95 Å². The highest BCUT2D eigenvalue weighted by molar-refractivity contribution is 5.78. The average Bonchev–Trinajstić information content (AvgIpc) is 2.79. The molecule has 2 aromatic heterocycles. The molecule has 108 valence electrons. The van der Waals surface area contributed by atoms with E-state index >= 15 is 0 Å². The van der Waals surface area contributed by atoms with Gasteiger partial charge in [0.05, 0.1) is 23.1 Å². The number of nitrogens with one attached hydrogen (secondary N) is 1. The van der Waals surface area contributed by atoms with E-state index in [9.17, 15) is 4.79 Å². The van der Waals surface area contributed by atoms with Crippen LogP contribution in [0.4, 0.5) is 5.95 Å². The van der Waals surface area contributed by atoms with Gasteiger partial charge in [-0.25, -0.2) is 4.98 Å². The topological polar surface area (TPSA) is 75.0 Å². The number of H-pyrrole nitrogens is 1. The molecule has 1 N–H and O–H groups in total. The van der Waals surface area contributed by atoms with Crippen molar-refractivity contribution in [1.29, 1.82) is 0 Å². The van der Waals surface area contributed by atoms with Crippen molar-refractivity contribution in [2.24, 2.45) is 0 Å². The third kappa shape index (κ3) is 2.40. The normalized spacial score (nSPS) is 11.0. The minimum absolute atomic E-state index is 0.138. The van der Waals surface area contributed by atoms with Crippen LogP contribution in [0.3, 0.4) is 0 Å². The first kappa shape index (κ1) is 13.4. The first-order valence-electron chi connectivity index (χ1n) is 6.68. The Balaban J connectivity index is 1.98. The second-order valence-corrected chi connectivity index (χ2v) is 5.07. The van der Waals surface area contributed by atoms with Crippen LogP contribution in [0.25, 0.3) is 10.9 Å². The molecule has 0 saturated heterocycles. The Morgan fingerprint density at radius 2 is 2.05 bits per heavy atom. The van der Waals surface area contributed by atoms with Crippen LogP contribution in [0.15, 0.2) is 33.6 Å². The molecular formula is C15H16N4O2. The van der Waals surface area contributed by atoms with Gasteiger partial charge < -0.3 is 9.42 Å². The van der Waals surface area contributed by atoms with Gasteiger partial charge in [-0.05, 0) is 26.0 Å². The zero-order valence-electron chi connectivity index (χ0n) is 12.2. The number of nitrogens with zero attached hydrogens (tertiary/aromatic N) is 3. The van der Waals surface area contributed by atoms with Crippen LogP contribution in [-0.2, 0) is 6.54 Å². The minimum atomic E-state index is -0.138. The van der Waals surface area contributed by atoms with Gasteiger partial charge in [-0.1, -0.05) is 17.3 Å². The standard InChI is InChI=1S/C15H16N4O2/c1-9-12(10(2)21-18-9)8-19(3)15-16-13-7-5-4-6-11(13)14(20)17-15/h4-7H,8H2,1-3H3,(H,16,17,20). The number of hydrogen-bond acceptors (Lipinski definition) is 5. The quantitative estimate of drug-likeness (QED) is 0.797. The molecule has 0 spiro atoms. The molecule has 0 aliphatic rings. The van der Waals surface area contributed by atoms with Crippen molar-refractivity contribution in [2.75, 3.05) is 11.9 Å². The van der Waals surface area contributed by atoms with Crippen LogP contribution in [0.1, 0.15) is 17.0 Å². The van der Waals surface area contributed by atoms with Gasteiger partial charge in [0, 0.05) is 12.6 Å². The molecule has 0 bridgehead atoms. The van der Waals surface area contributed by atoms with Gasteiger partial charge in [-0.3, -0.25) is 9.78 Å². The van der Waals surface area contributed by atoms with Gasteiger partial charge >= 0.3 is 0 Å². The highest BCUT2D eigenvalue weighted by Crippen LogP contribution is 2.17. The van der Waals surface area contributed by atoms with Crippen LogP contribution < -0.4 is 10.5 Å². The Hall–Kier alpha value is -2.63. The Labute approximate surface area is 121 Å². The van der Waals surface area contributed by atoms with Crippen LogP contribution in [0.5, 0.6) is 0 Å². The second kappa shape index (κ2) is 5.05. The monoisotopic (exact) mass is 284 g/mol. The molecule has 6 nitrogen and oxygen atoms in total. The molecule has 0 aliphatic carbocycles. The van der Waals surface area contributed by atoms with E-state index in [4.69, 9.17) is 4.52 Å². The largest absolute Gasteiger partial charge is 0.361 e. The lowest BCUT2D eigenvalue weighted by atomic mass is 10.2. The molecule has 0 atom stereocenters. The summed E-state index contributed by atoms with van der Waals surface area (Å²) in [6.07, 6.45) is 0. The number of aromatic amines is 1. The van der Waals surface area contributed by atoms with E-state index in [1.807, 2.05) is 44.0 Å². The number of fused-ring (bicyclic) bond motifs is 1. The van der Waals surface area contributed by atoms with Crippen LogP contribution in [0, 0.1) is 13.8 Å². The molecular weight excluding hydrogens is 268 g/mol. The molecule has 1 aromatic carbocycles. The van der Waals surface area contributed by atoms with E-state index < -0.39 is 0 Å². The van der Waals surface area contributed by atoms with Crippen LogP contribution >= 0.6 is 0 Å². The molecule has 0 aliphatic heterocycles. The first-order chi connectivity index (χ1) is 10.1. The number of rotatable bonds is 3. The SMILES string of the molecule is Cc1noc(C)c1CN(C)c1nc2ccccc2c(=O)[nH]1. The summed E-state index contributed by atoms with van der Waals surface area (Å²) in [5, 5.41) is 4.53. The van der Waals surface area contributed by atoms with Crippen molar-refractivity contribution in [1.82, 2.24) is 15.1 Å². The Bertz CT molecular complexity index is 831. The fraction of sp³-hybridized carbons (Fsp3) is 0.267. The molecule has 3 aromatic rings. The minimum Gasteiger partial charge on any atom is -0.361 e. The predicted octanol–water partition coefficient (Wildman–Crippen LogP) is 2.16. The molecule has 0 radical (unpaired) electrons.